The Morgan fingerprint density at radius 2 is 1.64 bits per heavy atom. The van der Waals surface area contributed by atoms with Crippen LogP contribution in [0.3, 0.4) is 0 Å². The molecule has 0 radical (unpaired) electrons. The van der Waals surface area contributed by atoms with Crippen LogP contribution in [-0.4, -0.2) is 35.6 Å². The van der Waals surface area contributed by atoms with E-state index in [0.29, 0.717) is 27.0 Å². The van der Waals surface area contributed by atoms with Crippen molar-refractivity contribution in [1.29, 1.82) is 0 Å². The van der Waals surface area contributed by atoms with Gasteiger partial charge in [0.1, 0.15) is 0 Å². The standard InChI is InChI=1S/C21H22Cl2N2O2S/c22-17-8-6-9-18(23)16(17)13-28-14-20(26)24-19-10-3-2-7-15(19)21(27)25-11-4-1-5-12-25/h2-3,6-10H,1,4-5,11-14H2,(H,24,26). The van der Waals surface area contributed by atoms with Crippen LogP contribution < -0.4 is 5.32 Å². The Bertz CT molecular complexity index is 834. The monoisotopic (exact) mass is 436 g/mol. The van der Waals surface area contributed by atoms with Gasteiger partial charge in [0.2, 0.25) is 5.91 Å². The van der Waals surface area contributed by atoms with E-state index in [-0.39, 0.29) is 17.6 Å². The van der Waals surface area contributed by atoms with E-state index in [0.717, 1.165) is 37.9 Å². The minimum Gasteiger partial charge on any atom is -0.339 e. The first-order valence-corrected chi connectivity index (χ1v) is 11.2. The molecular formula is C21H22Cl2N2O2S. The lowest BCUT2D eigenvalue weighted by Gasteiger charge is -2.27. The Hall–Kier alpha value is -1.69. The van der Waals surface area contributed by atoms with Crippen LogP contribution in [0.2, 0.25) is 10.0 Å². The summed E-state index contributed by atoms with van der Waals surface area (Å²) in [5.74, 6) is 0.604. The third-order valence-corrected chi connectivity index (χ3v) is 6.28. The minimum atomic E-state index is -0.160. The quantitative estimate of drug-likeness (QED) is 0.650. The van der Waals surface area contributed by atoms with Crippen molar-refractivity contribution >= 4 is 52.5 Å². The number of halogens is 2. The fraction of sp³-hybridized carbons (Fsp3) is 0.333. The van der Waals surface area contributed by atoms with Crippen molar-refractivity contribution in [3.8, 4) is 0 Å². The average Bonchev–Trinajstić information content (AvgIpc) is 2.71. The molecule has 0 aliphatic carbocycles. The lowest BCUT2D eigenvalue weighted by Crippen LogP contribution is -2.36. The highest BCUT2D eigenvalue weighted by molar-refractivity contribution is 7.99. The molecule has 148 valence electrons. The van der Waals surface area contributed by atoms with Crippen LogP contribution in [0.25, 0.3) is 0 Å². The molecule has 0 spiro atoms. The normalized spacial score (nSPS) is 14.0. The van der Waals surface area contributed by atoms with Gasteiger partial charge in [-0.2, -0.15) is 0 Å². The van der Waals surface area contributed by atoms with E-state index in [4.69, 9.17) is 23.2 Å². The maximum absolute atomic E-state index is 12.8. The summed E-state index contributed by atoms with van der Waals surface area (Å²) in [6.45, 7) is 1.55. The zero-order valence-corrected chi connectivity index (χ0v) is 17.7. The van der Waals surface area contributed by atoms with Gasteiger partial charge in [-0.15, -0.1) is 11.8 Å². The number of likely N-dealkylation sites (tertiary alicyclic amines) is 1. The molecule has 0 saturated carbocycles. The summed E-state index contributed by atoms with van der Waals surface area (Å²) in [5, 5.41) is 4.06. The van der Waals surface area contributed by atoms with E-state index in [9.17, 15) is 9.59 Å². The first-order valence-electron chi connectivity index (χ1n) is 9.25. The zero-order chi connectivity index (χ0) is 19.9. The number of hydrogen-bond acceptors (Lipinski definition) is 3. The number of benzene rings is 2. The molecule has 1 aliphatic rings. The number of hydrogen-bond donors (Lipinski definition) is 1. The first kappa shape index (κ1) is 21.0. The zero-order valence-electron chi connectivity index (χ0n) is 15.4. The molecule has 1 aliphatic heterocycles. The van der Waals surface area contributed by atoms with Gasteiger partial charge in [0, 0.05) is 28.9 Å². The molecule has 2 aromatic carbocycles. The topological polar surface area (TPSA) is 49.4 Å². The molecule has 28 heavy (non-hydrogen) atoms. The van der Waals surface area contributed by atoms with Crippen LogP contribution in [0.15, 0.2) is 42.5 Å². The molecule has 0 unspecified atom stereocenters. The van der Waals surface area contributed by atoms with Crippen molar-refractivity contribution in [2.45, 2.75) is 25.0 Å². The smallest absolute Gasteiger partial charge is 0.255 e. The molecule has 1 N–H and O–H groups in total. The molecule has 3 rings (SSSR count). The maximum atomic E-state index is 12.8. The highest BCUT2D eigenvalue weighted by Crippen LogP contribution is 2.28. The summed E-state index contributed by atoms with van der Waals surface area (Å²) in [6.07, 6.45) is 3.22. The number of thioether (sulfide) groups is 1. The predicted octanol–water partition coefficient (Wildman–Crippen LogP) is 5.49. The molecule has 2 amide bonds. The third kappa shape index (κ3) is 5.43. The number of piperidine rings is 1. The largest absolute Gasteiger partial charge is 0.339 e. The van der Waals surface area contributed by atoms with E-state index >= 15 is 0 Å². The number of amides is 2. The molecule has 0 aromatic heterocycles. The van der Waals surface area contributed by atoms with Gasteiger partial charge in [-0.25, -0.2) is 0 Å². The van der Waals surface area contributed by atoms with Crippen molar-refractivity contribution in [2.24, 2.45) is 0 Å². The SMILES string of the molecule is O=C(CSCc1c(Cl)cccc1Cl)Nc1ccccc1C(=O)N1CCCCC1. The Balaban J connectivity index is 1.59. The second kappa shape index (κ2) is 10.2. The number of rotatable bonds is 6. The second-order valence-corrected chi connectivity index (χ2v) is 8.44. The van der Waals surface area contributed by atoms with Crippen LogP contribution in [0.5, 0.6) is 0 Å². The molecular weight excluding hydrogens is 415 g/mol. The maximum Gasteiger partial charge on any atom is 0.255 e. The fourth-order valence-corrected chi connectivity index (χ4v) is 4.71. The molecule has 1 heterocycles. The summed E-state index contributed by atoms with van der Waals surface area (Å²) in [4.78, 5) is 27.1. The summed E-state index contributed by atoms with van der Waals surface area (Å²) < 4.78 is 0. The molecule has 7 heteroatoms. The van der Waals surface area contributed by atoms with Crippen LogP contribution >= 0.6 is 35.0 Å². The highest BCUT2D eigenvalue weighted by atomic mass is 35.5. The van der Waals surface area contributed by atoms with Gasteiger partial charge in [-0.3, -0.25) is 9.59 Å². The molecule has 4 nitrogen and oxygen atoms in total. The number of nitrogens with zero attached hydrogens (tertiary/aromatic N) is 1. The molecule has 1 fully saturated rings. The van der Waals surface area contributed by atoms with E-state index < -0.39 is 0 Å². The number of nitrogens with one attached hydrogen (secondary N) is 1. The Morgan fingerprint density at radius 3 is 2.36 bits per heavy atom. The molecule has 1 saturated heterocycles. The Labute approximate surface area is 179 Å². The van der Waals surface area contributed by atoms with E-state index in [1.54, 1.807) is 30.3 Å². The second-order valence-electron chi connectivity index (χ2n) is 6.64. The molecule has 0 atom stereocenters. The fourth-order valence-electron chi connectivity index (χ4n) is 3.15. The number of para-hydroxylation sites is 1. The summed E-state index contributed by atoms with van der Waals surface area (Å²) >= 11 is 13.8. The van der Waals surface area contributed by atoms with Gasteiger partial charge in [-0.1, -0.05) is 41.4 Å². The van der Waals surface area contributed by atoms with Crippen molar-refractivity contribution in [3.05, 3.63) is 63.6 Å². The molecule has 2 aromatic rings. The van der Waals surface area contributed by atoms with Crippen molar-refractivity contribution < 1.29 is 9.59 Å². The summed E-state index contributed by atoms with van der Waals surface area (Å²) in [6, 6.07) is 12.5. The Morgan fingerprint density at radius 1 is 0.964 bits per heavy atom. The summed E-state index contributed by atoms with van der Waals surface area (Å²) in [7, 11) is 0. The van der Waals surface area contributed by atoms with Gasteiger partial charge >= 0.3 is 0 Å². The van der Waals surface area contributed by atoms with Crippen LogP contribution in [0, 0.1) is 0 Å². The van der Waals surface area contributed by atoms with E-state index in [2.05, 4.69) is 5.32 Å². The number of anilines is 1. The average molecular weight is 437 g/mol. The lowest BCUT2D eigenvalue weighted by molar-refractivity contribution is -0.113. The van der Waals surface area contributed by atoms with Gasteiger partial charge in [-0.05, 0) is 49.1 Å². The van der Waals surface area contributed by atoms with Gasteiger partial charge < -0.3 is 10.2 Å². The minimum absolute atomic E-state index is 0.0221. The lowest BCUT2D eigenvalue weighted by atomic mass is 10.1. The van der Waals surface area contributed by atoms with Crippen molar-refractivity contribution in [3.63, 3.8) is 0 Å². The van der Waals surface area contributed by atoms with Crippen molar-refractivity contribution in [2.75, 3.05) is 24.2 Å². The predicted molar refractivity (Wildman–Crippen MR) is 117 cm³/mol. The van der Waals surface area contributed by atoms with Gasteiger partial charge in [0.15, 0.2) is 0 Å². The van der Waals surface area contributed by atoms with Crippen LogP contribution in [0.4, 0.5) is 5.69 Å². The van der Waals surface area contributed by atoms with E-state index in [1.165, 1.54) is 11.8 Å². The van der Waals surface area contributed by atoms with Gasteiger partial charge in [0.05, 0.1) is 17.0 Å². The first-order chi connectivity index (χ1) is 13.6. The van der Waals surface area contributed by atoms with Crippen LogP contribution in [-0.2, 0) is 10.5 Å². The van der Waals surface area contributed by atoms with Crippen molar-refractivity contribution in [1.82, 2.24) is 4.90 Å². The van der Waals surface area contributed by atoms with E-state index in [1.807, 2.05) is 17.0 Å². The van der Waals surface area contributed by atoms with Crippen LogP contribution in [0.1, 0.15) is 35.2 Å². The molecule has 0 bridgehead atoms. The summed E-state index contributed by atoms with van der Waals surface area (Å²) in [5.41, 5.74) is 1.92. The Kier molecular flexibility index (Phi) is 7.65. The third-order valence-electron chi connectivity index (χ3n) is 4.62. The number of carbonyl (C=O) groups is 2. The van der Waals surface area contributed by atoms with Gasteiger partial charge in [0.25, 0.3) is 5.91 Å². The number of carbonyl (C=O) groups excluding carboxylic acids is 2. The highest BCUT2D eigenvalue weighted by Gasteiger charge is 2.21.